The summed E-state index contributed by atoms with van der Waals surface area (Å²) < 4.78 is 14.0. The van der Waals surface area contributed by atoms with Crippen LogP contribution in [0.3, 0.4) is 0 Å². The van der Waals surface area contributed by atoms with Crippen LogP contribution in [0.1, 0.15) is 32.1 Å². The number of aliphatic hydroxyl groups is 1. The highest BCUT2D eigenvalue weighted by Gasteiger charge is 2.36. The summed E-state index contributed by atoms with van der Waals surface area (Å²) >= 11 is 0. The van der Waals surface area contributed by atoms with Gasteiger partial charge in [0.2, 0.25) is 0 Å². The average Bonchev–Trinajstić information content (AvgIpc) is 2.30. The van der Waals surface area contributed by atoms with E-state index in [1.807, 2.05) is 0 Å². The zero-order valence-electron chi connectivity index (χ0n) is 9.16. The van der Waals surface area contributed by atoms with E-state index in [2.05, 4.69) is 17.1 Å². The zero-order valence-corrected chi connectivity index (χ0v) is 9.16. The minimum absolute atomic E-state index is 0.333. The van der Waals surface area contributed by atoms with Gasteiger partial charge in [-0.1, -0.05) is 12.2 Å². The Labute approximate surface area is 90.8 Å². The van der Waals surface area contributed by atoms with Crippen molar-refractivity contribution in [2.24, 2.45) is 0 Å². The van der Waals surface area contributed by atoms with E-state index in [-0.39, 0.29) is 6.61 Å². The van der Waals surface area contributed by atoms with Crippen LogP contribution in [0.5, 0.6) is 0 Å². The van der Waals surface area contributed by atoms with E-state index in [4.69, 9.17) is 5.11 Å². The second kappa shape index (κ2) is 4.62. The normalized spacial score (nSPS) is 38.1. The Bertz CT molecular complexity index is 244. The van der Waals surface area contributed by atoms with Crippen molar-refractivity contribution in [3.05, 3.63) is 12.2 Å². The maximum absolute atomic E-state index is 14.0. The number of allylic oxidation sites excluding steroid dienone is 1. The lowest BCUT2D eigenvalue weighted by atomic mass is 9.92. The van der Waals surface area contributed by atoms with Gasteiger partial charge in [-0.05, 0) is 38.6 Å². The maximum Gasteiger partial charge on any atom is 0.146 e. The number of alkyl halides is 1. The average molecular weight is 213 g/mol. The van der Waals surface area contributed by atoms with Crippen LogP contribution < -0.4 is 0 Å². The summed E-state index contributed by atoms with van der Waals surface area (Å²) in [5.41, 5.74) is -1.36. The van der Waals surface area contributed by atoms with Crippen molar-refractivity contribution in [1.29, 1.82) is 0 Å². The monoisotopic (exact) mass is 213 g/mol. The highest BCUT2D eigenvalue weighted by Crippen LogP contribution is 2.28. The van der Waals surface area contributed by atoms with Crippen LogP contribution in [0.4, 0.5) is 4.39 Å². The lowest BCUT2D eigenvalue weighted by molar-refractivity contribution is -0.0114. The van der Waals surface area contributed by atoms with Gasteiger partial charge < -0.3 is 5.11 Å². The summed E-state index contributed by atoms with van der Waals surface area (Å²) in [6.07, 6.45) is 9.27. The Morgan fingerprint density at radius 2 is 2.33 bits per heavy atom. The van der Waals surface area contributed by atoms with E-state index >= 15 is 0 Å². The van der Waals surface area contributed by atoms with E-state index in [0.29, 0.717) is 19.0 Å². The largest absolute Gasteiger partial charge is 0.393 e. The van der Waals surface area contributed by atoms with E-state index < -0.39 is 5.67 Å². The van der Waals surface area contributed by atoms with Crippen LogP contribution in [0.15, 0.2) is 12.2 Å². The molecule has 0 bridgehead atoms. The quantitative estimate of drug-likeness (QED) is 0.708. The second-order valence-corrected chi connectivity index (χ2v) is 4.81. The molecule has 1 N–H and O–H groups in total. The molecule has 2 atom stereocenters. The lowest BCUT2D eigenvalue weighted by Crippen LogP contribution is -2.51. The summed E-state index contributed by atoms with van der Waals surface area (Å²) in [4.78, 5) is 2.19. The van der Waals surface area contributed by atoms with Crippen LogP contribution in [0, 0.1) is 0 Å². The van der Waals surface area contributed by atoms with Crippen LogP contribution in [-0.2, 0) is 0 Å². The van der Waals surface area contributed by atoms with Gasteiger partial charge in [-0.15, -0.1) is 0 Å². The standard InChI is InChI=1S/C12H20FNO/c13-12(10-15)7-4-8-14(9-12)11-5-2-1-3-6-11/h2,5,11,15H,1,3-4,6-10H2/t11-,12-/m0/s1. The third-order valence-corrected chi connectivity index (χ3v) is 3.54. The van der Waals surface area contributed by atoms with Crippen molar-refractivity contribution >= 4 is 0 Å². The lowest BCUT2D eigenvalue weighted by Gasteiger charge is -2.40. The molecule has 2 aliphatic rings. The first-order chi connectivity index (χ1) is 7.23. The second-order valence-electron chi connectivity index (χ2n) is 4.81. The summed E-state index contributed by atoms with van der Waals surface area (Å²) in [6, 6.07) is 0.403. The first-order valence-electron chi connectivity index (χ1n) is 5.94. The molecular weight excluding hydrogens is 193 g/mol. The van der Waals surface area contributed by atoms with E-state index in [9.17, 15) is 4.39 Å². The molecule has 3 heteroatoms. The third-order valence-electron chi connectivity index (χ3n) is 3.54. The number of aliphatic hydroxyl groups excluding tert-OH is 1. The molecule has 86 valence electrons. The maximum atomic E-state index is 14.0. The van der Waals surface area contributed by atoms with Gasteiger partial charge in [-0.25, -0.2) is 4.39 Å². The molecule has 1 heterocycles. The van der Waals surface area contributed by atoms with Gasteiger partial charge >= 0.3 is 0 Å². The van der Waals surface area contributed by atoms with Crippen molar-refractivity contribution in [2.75, 3.05) is 19.7 Å². The predicted molar refractivity (Wildman–Crippen MR) is 58.5 cm³/mol. The van der Waals surface area contributed by atoms with E-state index in [0.717, 1.165) is 25.8 Å². The van der Waals surface area contributed by atoms with E-state index in [1.54, 1.807) is 0 Å². The Balaban J connectivity index is 1.97. The highest BCUT2D eigenvalue weighted by molar-refractivity contribution is 5.01. The number of piperidine rings is 1. The van der Waals surface area contributed by atoms with Crippen molar-refractivity contribution < 1.29 is 9.50 Å². The molecule has 1 saturated heterocycles. The first-order valence-corrected chi connectivity index (χ1v) is 5.94. The molecule has 1 aliphatic carbocycles. The molecule has 0 unspecified atom stereocenters. The fraction of sp³-hybridized carbons (Fsp3) is 0.833. The Morgan fingerprint density at radius 3 is 3.00 bits per heavy atom. The van der Waals surface area contributed by atoms with Crippen molar-refractivity contribution in [3.63, 3.8) is 0 Å². The molecule has 0 spiro atoms. The molecule has 0 amide bonds. The number of hydrogen-bond acceptors (Lipinski definition) is 2. The molecule has 0 aromatic heterocycles. The minimum atomic E-state index is -1.36. The Kier molecular flexibility index (Phi) is 3.42. The Hall–Kier alpha value is -0.410. The van der Waals surface area contributed by atoms with Gasteiger partial charge in [0.25, 0.3) is 0 Å². The summed E-state index contributed by atoms with van der Waals surface area (Å²) in [6.45, 7) is 1.04. The summed E-state index contributed by atoms with van der Waals surface area (Å²) in [7, 11) is 0. The molecule has 0 aromatic carbocycles. The molecule has 2 nitrogen and oxygen atoms in total. The molecule has 1 aliphatic heterocycles. The van der Waals surface area contributed by atoms with Gasteiger partial charge in [0.1, 0.15) is 5.67 Å². The topological polar surface area (TPSA) is 23.5 Å². The van der Waals surface area contributed by atoms with Crippen LogP contribution in [-0.4, -0.2) is 41.4 Å². The highest BCUT2D eigenvalue weighted by atomic mass is 19.1. The number of halogens is 1. The molecule has 0 radical (unpaired) electrons. The van der Waals surface area contributed by atoms with Crippen molar-refractivity contribution in [1.82, 2.24) is 4.90 Å². The minimum Gasteiger partial charge on any atom is -0.393 e. The van der Waals surface area contributed by atoms with Crippen LogP contribution in [0.25, 0.3) is 0 Å². The number of rotatable bonds is 2. The summed E-state index contributed by atoms with van der Waals surface area (Å²) in [5, 5.41) is 9.05. The third kappa shape index (κ3) is 2.58. The van der Waals surface area contributed by atoms with Crippen LogP contribution in [0.2, 0.25) is 0 Å². The van der Waals surface area contributed by atoms with Crippen molar-refractivity contribution in [3.8, 4) is 0 Å². The summed E-state index contributed by atoms with van der Waals surface area (Å²) in [5.74, 6) is 0. The number of nitrogens with zero attached hydrogens (tertiary/aromatic N) is 1. The predicted octanol–water partition coefficient (Wildman–Crippen LogP) is 1.89. The van der Waals surface area contributed by atoms with Gasteiger partial charge in [0.15, 0.2) is 0 Å². The van der Waals surface area contributed by atoms with Crippen LogP contribution >= 0.6 is 0 Å². The SMILES string of the molecule is OC[C@]1(F)CCCN([C@H]2C=CCCC2)C1. The Morgan fingerprint density at radius 1 is 1.47 bits per heavy atom. The van der Waals surface area contributed by atoms with Crippen molar-refractivity contribution in [2.45, 2.75) is 43.8 Å². The van der Waals surface area contributed by atoms with E-state index in [1.165, 1.54) is 6.42 Å². The van der Waals surface area contributed by atoms with Gasteiger partial charge in [0, 0.05) is 12.6 Å². The van der Waals surface area contributed by atoms with Gasteiger partial charge in [0.05, 0.1) is 6.61 Å². The molecule has 2 rings (SSSR count). The van der Waals surface area contributed by atoms with Gasteiger partial charge in [-0.3, -0.25) is 4.90 Å². The van der Waals surface area contributed by atoms with Gasteiger partial charge in [-0.2, -0.15) is 0 Å². The smallest absolute Gasteiger partial charge is 0.146 e. The number of hydrogen-bond donors (Lipinski definition) is 1. The molecule has 0 saturated carbocycles. The first kappa shape index (κ1) is 11.1. The molecule has 0 aromatic rings. The molecular formula is C12H20FNO. The zero-order chi connectivity index (χ0) is 10.7. The fourth-order valence-corrected chi connectivity index (χ4v) is 2.63. The number of likely N-dealkylation sites (tertiary alicyclic amines) is 1. The molecule has 1 fully saturated rings. The fourth-order valence-electron chi connectivity index (χ4n) is 2.63. The molecule has 15 heavy (non-hydrogen) atoms.